The number of fused-ring (bicyclic) bond motifs is 12. The fourth-order valence-corrected chi connectivity index (χ4v) is 21.2. The average Bonchev–Trinajstić information content (AvgIpc) is 1.60. The molecule has 8 aliphatic heterocycles. The average molecular weight is 2010 g/mol. The number of benzene rings is 12. The highest BCUT2D eigenvalue weighted by Crippen LogP contribution is 2.42. The van der Waals surface area contributed by atoms with Crippen LogP contribution in [-0.4, -0.2) is 209 Å². The van der Waals surface area contributed by atoms with E-state index < -0.39 is 0 Å². The van der Waals surface area contributed by atoms with Crippen LogP contribution in [0, 0.1) is 5.92 Å². The minimum Gasteiger partial charge on any atom is -0.508 e. The molecular weight excluding hydrogens is 1890 g/mol. The molecule has 2 fully saturated rings. The molecule has 0 bridgehead atoms. The number of aromatic hydroxyl groups is 1. The SMILES string of the molecule is CCN1CCN(CCCOc2ccc3[nH]c(-c4cccc5c4C(=O)NC5)cc3c2)CC1.COc1cc2c(c(-c3cc4cc(OC)ccc4[nH]3)c1)C(=O)NC2.COc1ccc2[nH]c(-c3cccc4c3C(=O)NC4)cc2c1.O=C1NCc2cccc(-c3cc4cc(O)ccc4[nH]3)c21.O=C1NCc2cccc(-c3cc4cc(OCCCN5CCC(CO)CC5)ccc4[nH]3)c21.O=C1NCc2cccc(-c3cc4cc(OCCCO)ccc4[nH]3)c21. The van der Waals surface area contributed by atoms with Gasteiger partial charge >= 0.3 is 0 Å². The van der Waals surface area contributed by atoms with E-state index >= 15 is 0 Å². The molecule has 150 heavy (non-hydrogen) atoms. The molecule has 14 heterocycles. The lowest BCUT2D eigenvalue weighted by atomic mass is 9.98. The third-order valence-electron chi connectivity index (χ3n) is 29.2. The highest BCUT2D eigenvalue weighted by Gasteiger charge is 2.32. The summed E-state index contributed by atoms with van der Waals surface area (Å²) in [4.78, 5) is 101. The van der Waals surface area contributed by atoms with Crippen molar-refractivity contribution in [2.45, 2.75) is 78.3 Å². The predicted octanol–water partition coefficient (Wildman–Crippen LogP) is 18.8. The van der Waals surface area contributed by atoms with E-state index in [1.807, 2.05) is 200 Å². The van der Waals surface area contributed by atoms with Gasteiger partial charge in [-0.1, -0.05) is 97.9 Å². The van der Waals surface area contributed by atoms with Gasteiger partial charge in [0, 0.05) is 231 Å². The molecule has 30 heteroatoms. The zero-order chi connectivity index (χ0) is 103. The van der Waals surface area contributed by atoms with Gasteiger partial charge in [-0.05, 0) is 242 Å². The number of phenolic OH excluding ortho intramolecular Hbond substituents is 1. The van der Waals surface area contributed by atoms with Gasteiger partial charge in [-0.15, -0.1) is 0 Å². The van der Waals surface area contributed by atoms with Crippen molar-refractivity contribution in [1.82, 2.24) is 76.5 Å². The Morgan fingerprint density at radius 1 is 0.287 bits per heavy atom. The Balaban J connectivity index is 0.000000106. The van der Waals surface area contributed by atoms with Crippen molar-refractivity contribution in [3.05, 3.63) is 315 Å². The number of carbonyl (C=O) groups is 6. The second-order valence-corrected chi connectivity index (χ2v) is 38.6. The van der Waals surface area contributed by atoms with E-state index in [0.29, 0.717) is 77.0 Å². The number of aromatic nitrogens is 6. The zero-order valence-electron chi connectivity index (χ0n) is 84.0. The van der Waals surface area contributed by atoms with Gasteiger partial charge in [-0.25, -0.2) is 0 Å². The van der Waals surface area contributed by atoms with Gasteiger partial charge in [0.05, 0.1) is 74.5 Å². The zero-order valence-corrected chi connectivity index (χ0v) is 84.0. The summed E-state index contributed by atoms with van der Waals surface area (Å²) in [6.07, 6.45) is 4.83. The number of likely N-dealkylation sites (N-methyl/N-ethyl adjacent to an activating group) is 1. The maximum absolute atomic E-state index is 12.3. The number of methoxy groups -OCH3 is 3. The molecule has 764 valence electrons. The Hall–Kier alpha value is -16.9. The fourth-order valence-electron chi connectivity index (χ4n) is 21.2. The van der Waals surface area contributed by atoms with E-state index in [4.69, 9.17) is 33.5 Å². The molecule has 0 saturated carbocycles. The molecule has 6 amide bonds. The lowest BCUT2D eigenvalue weighted by Crippen LogP contribution is -2.46. The van der Waals surface area contributed by atoms with Crippen LogP contribution in [0.2, 0.25) is 0 Å². The van der Waals surface area contributed by atoms with Gasteiger partial charge in [-0.2, -0.15) is 0 Å². The third-order valence-corrected chi connectivity index (χ3v) is 29.2. The van der Waals surface area contributed by atoms with Crippen molar-refractivity contribution in [2.75, 3.05) is 113 Å². The maximum atomic E-state index is 12.3. The highest BCUT2D eigenvalue weighted by atomic mass is 16.5. The molecule has 8 aliphatic rings. The van der Waals surface area contributed by atoms with Gasteiger partial charge in [0.1, 0.15) is 40.2 Å². The van der Waals surface area contributed by atoms with E-state index in [-0.39, 0.29) is 47.8 Å². The first-order valence-electron chi connectivity index (χ1n) is 51.2. The van der Waals surface area contributed by atoms with Crippen LogP contribution in [-0.2, 0) is 39.3 Å². The number of phenols is 1. The Morgan fingerprint density at radius 2 is 0.567 bits per heavy atom. The first-order chi connectivity index (χ1) is 73.3. The summed E-state index contributed by atoms with van der Waals surface area (Å²) in [5.41, 5.74) is 27.8. The molecular formula is C120H119N15O15. The van der Waals surface area contributed by atoms with Crippen LogP contribution in [0.4, 0.5) is 0 Å². The number of piperazine rings is 1. The van der Waals surface area contributed by atoms with E-state index in [9.17, 15) is 39.0 Å². The summed E-state index contributed by atoms with van der Waals surface area (Å²) in [5, 5.41) is 51.1. The lowest BCUT2D eigenvalue weighted by Gasteiger charge is -2.33. The summed E-state index contributed by atoms with van der Waals surface area (Å²) in [6, 6.07) is 80.8. The largest absolute Gasteiger partial charge is 0.508 e. The lowest BCUT2D eigenvalue weighted by molar-refractivity contribution is 0.0958. The number of aliphatic hydroxyl groups excluding tert-OH is 2. The second kappa shape index (κ2) is 44.4. The van der Waals surface area contributed by atoms with Crippen LogP contribution in [0.15, 0.2) is 249 Å². The summed E-state index contributed by atoms with van der Waals surface area (Å²) in [7, 11) is 4.93. The van der Waals surface area contributed by atoms with Gasteiger partial charge in [-0.3, -0.25) is 28.8 Å². The number of amides is 6. The van der Waals surface area contributed by atoms with Crippen LogP contribution in [0.25, 0.3) is 133 Å². The third kappa shape index (κ3) is 21.4. The van der Waals surface area contributed by atoms with E-state index in [2.05, 4.69) is 120 Å². The van der Waals surface area contributed by atoms with Crippen LogP contribution in [0.3, 0.4) is 0 Å². The highest BCUT2D eigenvalue weighted by molar-refractivity contribution is 6.10. The standard InChI is InChI=1S/C25H30N4O2.C25H29N3O3.C19H18N2O3.C18H16N2O3.C17H14N2O2.C16H12N2O2/c1-2-28-10-12-29(13-11-28)9-4-14-31-20-7-8-22-19(15-20)16-23(27-22)21-6-3-5-18-17-26-25(30)24(18)21;29-16-17-7-10-28(11-8-17)9-2-12-31-20-5-6-22-19(13-20)14-23(27-22)21-4-1-3-18-15-26-25(30)24(18)21;22-7-2-8-24-14-5-6-16-13(9-14)10-17(21-16)15-4-1-3-12-11-20-19(23)18(12)15;1-22-12-3-4-15-10(5-12)7-16(20-15)14-8-13(23-2)6-11-9-19-18(21)17(11)14;1-21-12-5-6-14-11(7-12)8-15(19-14)13-4-2-3-10-9-18-17(20)16(10)13;19-11-4-5-13-10(6-11)7-14(18-13)12-3-1-2-9-8-17-16(20)15(9)12/h3,5-8,15-16,27H,2,4,9-14,17H2,1H3,(H,26,30);1,3-6,13-14,17,27,29H,2,7-12,15-16H2,(H,26,30);1,3-6,9-10,21-22H,2,7-8,11H2,(H,20,23);3-8,20H,9H2,1-2H3,(H,19,21);2-8,19H,9H2,1H3,(H,18,20);1-7,18-19H,8H2,(H,17,20). The topological polar surface area (TPSA) is 395 Å². The Labute approximate surface area is 865 Å². The number of aliphatic hydroxyl groups is 2. The van der Waals surface area contributed by atoms with Gasteiger partial charge in [0.2, 0.25) is 0 Å². The van der Waals surface area contributed by atoms with Crippen molar-refractivity contribution in [1.29, 1.82) is 0 Å². The van der Waals surface area contributed by atoms with E-state index in [1.54, 1.807) is 33.5 Å². The van der Waals surface area contributed by atoms with Crippen LogP contribution in [0.1, 0.15) is 135 Å². The van der Waals surface area contributed by atoms with Crippen LogP contribution >= 0.6 is 0 Å². The van der Waals surface area contributed by atoms with E-state index in [0.717, 1.165) is 307 Å². The van der Waals surface area contributed by atoms with Crippen LogP contribution < -0.4 is 60.3 Å². The number of ether oxygens (including phenoxy) is 6. The fraction of sp³-hybridized carbons (Fsp3) is 0.250. The second-order valence-electron chi connectivity index (χ2n) is 38.6. The smallest absolute Gasteiger partial charge is 0.252 e. The number of likely N-dealkylation sites (tertiary alicyclic amines) is 1. The monoisotopic (exact) mass is 2010 g/mol. The van der Waals surface area contributed by atoms with E-state index in [1.165, 1.54) is 13.1 Å². The molecule has 26 rings (SSSR count). The number of rotatable bonds is 25. The number of nitrogens with zero attached hydrogens (tertiary/aromatic N) is 3. The van der Waals surface area contributed by atoms with Gasteiger partial charge < -0.3 is 120 Å². The molecule has 15 N–H and O–H groups in total. The summed E-state index contributed by atoms with van der Waals surface area (Å²) < 4.78 is 33.6. The number of hydrogen-bond donors (Lipinski definition) is 15. The predicted molar refractivity (Wildman–Crippen MR) is 583 cm³/mol. The molecule has 0 aliphatic carbocycles. The molecule has 0 atom stereocenters. The minimum absolute atomic E-state index is 0.00293. The minimum atomic E-state index is -0.0473. The molecule has 6 aromatic heterocycles. The number of piperidine rings is 1. The van der Waals surface area contributed by atoms with Gasteiger partial charge in [0.15, 0.2) is 0 Å². The number of carbonyl (C=O) groups excluding carboxylic acids is 6. The molecule has 2 saturated heterocycles. The normalized spacial score (nSPS) is 14.8. The number of H-pyrrole nitrogens is 6. The van der Waals surface area contributed by atoms with Crippen molar-refractivity contribution in [3.8, 4) is 108 Å². The Kier molecular flexibility index (Phi) is 29.3. The molecule has 0 unspecified atom stereocenters. The molecule has 18 aromatic rings. The molecule has 0 radical (unpaired) electrons. The Bertz CT molecular complexity index is 7980. The summed E-state index contributed by atoms with van der Waals surface area (Å²) in [5.74, 6) is 5.52. The molecule has 30 nitrogen and oxygen atoms in total. The maximum Gasteiger partial charge on any atom is 0.252 e. The van der Waals surface area contributed by atoms with Crippen molar-refractivity contribution in [2.24, 2.45) is 5.92 Å². The van der Waals surface area contributed by atoms with Gasteiger partial charge in [0.25, 0.3) is 35.4 Å². The number of aromatic amines is 6. The number of nitrogens with one attached hydrogen (secondary N) is 12. The number of hydrogen-bond acceptors (Lipinski definition) is 18. The summed E-state index contributed by atoms with van der Waals surface area (Å²) in [6.45, 7) is 18.2. The molecule has 0 spiro atoms. The van der Waals surface area contributed by atoms with Crippen molar-refractivity contribution >= 4 is 101 Å². The first kappa shape index (κ1) is 99.1. The summed E-state index contributed by atoms with van der Waals surface area (Å²) >= 11 is 0. The Morgan fingerprint density at radius 3 is 0.887 bits per heavy atom. The van der Waals surface area contributed by atoms with Crippen molar-refractivity contribution < 1.29 is 72.5 Å². The van der Waals surface area contributed by atoms with Crippen molar-refractivity contribution in [3.63, 3.8) is 0 Å². The van der Waals surface area contributed by atoms with Crippen LogP contribution in [0.5, 0.6) is 40.2 Å². The quantitative estimate of drug-likeness (QED) is 0.0236. The molecule has 12 aromatic carbocycles. The first-order valence-corrected chi connectivity index (χ1v) is 51.2.